The lowest BCUT2D eigenvalue weighted by Gasteiger charge is -2.26. The van der Waals surface area contributed by atoms with Crippen molar-refractivity contribution < 1.29 is 13.9 Å². The Bertz CT molecular complexity index is 648. The maximum atomic E-state index is 13.2. The summed E-state index contributed by atoms with van der Waals surface area (Å²) in [6.07, 6.45) is 0. The Morgan fingerprint density at radius 1 is 1.37 bits per heavy atom. The first-order valence-electron chi connectivity index (χ1n) is 9.40. The second kappa shape index (κ2) is 9.69. The average Bonchev–Trinajstić information content (AvgIpc) is 3.03. The molecule has 3 atom stereocenters. The molecule has 1 aromatic rings. The van der Waals surface area contributed by atoms with Crippen LogP contribution >= 0.6 is 0 Å². The first kappa shape index (κ1) is 21.2. The van der Waals surface area contributed by atoms with Crippen LogP contribution in [-0.4, -0.2) is 69.1 Å². The SMILES string of the molecule is CCNC(=NCC(c1ccc(F)cc1)N(C)C)N1CC(C)C(C(=O)OC)C1. The number of benzene rings is 1. The lowest BCUT2D eigenvalue weighted by atomic mass is 9.99. The Balaban J connectivity index is 2.16. The van der Waals surface area contributed by atoms with Gasteiger partial charge in [0.1, 0.15) is 5.82 Å². The van der Waals surface area contributed by atoms with Crippen LogP contribution in [0.25, 0.3) is 0 Å². The normalized spacial score (nSPS) is 21.4. The molecule has 27 heavy (non-hydrogen) atoms. The maximum Gasteiger partial charge on any atom is 0.310 e. The number of ether oxygens (including phenoxy) is 1. The second-order valence-electron chi connectivity index (χ2n) is 7.24. The zero-order valence-electron chi connectivity index (χ0n) is 16.9. The summed E-state index contributed by atoms with van der Waals surface area (Å²) in [5.74, 6) is 0.458. The zero-order chi connectivity index (χ0) is 20.0. The van der Waals surface area contributed by atoms with Crippen LogP contribution in [0.5, 0.6) is 0 Å². The number of carbonyl (C=O) groups excluding carboxylic acids is 1. The molecule has 0 aliphatic carbocycles. The summed E-state index contributed by atoms with van der Waals surface area (Å²) in [7, 11) is 5.41. The number of nitrogens with one attached hydrogen (secondary N) is 1. The van der Waals surface area contributed by atoms with Gasteiger partial charge in [-0.1, -0.05) is 19.1 Å². The Morgan fingerprint density at radius 2 is 2.04 bits per heavy atom. The molecule has 3 unspecified atom stereocenters. The zero-order valence-corrected chi connectivity index (χ0v) is 16.9. The molecule has 7 heteroatoms. The number of nitrogens with zero attached hydrogens (tertiary/aromatic N) is 3. The van der Waals surface area contributed by atoms with E-state index in [1.807, 2.05) is 21.0 Å². The molecule has 1 heterocycles. The van der Waals surface area contributed by atoms with Gasteiger partial charge in [0, 0.05) is 19.6 Å². The summed E-state index contributed by atoms with van der Waals surface area (Å²) in [5.41, 5.74) is 1.02. The number of methoxy groups -OCH3 is 1. The summed E-state index contributed by atoms with van der Waals surface area (Å²) in [6.45, 7) is 6.73. The molecular formula is C20H31FN4O2. The van der Waals surface area contributed by atoms with Gasteiger partial charge in [-0.05, 0) is 44.6 Å². The van der Waals surface area contributed by atoms with Crippen LogP contribution < -0.4 is 5.32 Å². The van der Waals surface area contributed by atoms with Crippen molar-refractivity contribution >= 4 is 11.9 Å². The van der Waals surface area contributed by atoms with Gasteiger partial charge in [0.15, 0.2) is 5.96 Å². The fourth-order valence-electron chi connectivity index (χ4n) is 3.45. The highest BCUT2D eigenvalue weighted by atomic mass is 19.1. The molecule has 2 rings (SSSR count). The molecule has 0 aromatic heterocycles. The number of guanidine groups is 1. The third-order valence-corrected chi connectivity index (χ3v) is 5.04. The Kier molecular flexibility index (Phi) is 7.59. The van der Waals surface area contributed by atoms with E-state index in [0.717, 1.165) is 24.6 Å². The molecule has 0 amide bonds. The number of likely N-dealkylation sites (N-methyl/N-ethyl adjacent to an activating group) is 1. The minimum Gasteiger partial charge on any atom is -0.469 e. The molecule has 1 saturated heterocycles. The summed E-state index contributed by atoms with van der Waals surface area (Å²) in [4.78, 5) is 21.0. The highest BCUT2D eigenvalue weighted by molar-refractivity contribution is 5.82. The smallest absolute Gasteiger partial charge is 0.310 e. The fourth-order valence-corrected chi connectivity index (χ4v) is 3.45. The van der Waals surface area contributed by atoms with E-state index in [0.29, 0.717) is 13.1 Å². The maximum absolute atomic E-state index is 13.2. The van der Waals surface area contributed by atoms with Gasteiger partial charge < -0.3 is 19.9 Å². The van der Waals surface area contributed by atoms with Crippen LogP contribution in [0, 0.1) is 17.7 Å². The summed E-state index contributed by atoms with van der Waals surface area (Å²) in [5, 5.41) is 3.32. The van der Waals surface area contributed by atoms with Crippen LogP contribution in [0.4, 0.5) is 4.39 Å². The quantitative estimate of drug-likeness (QED) is 0.467. The van der Waals surface area contributed by atoms with Crippen LogP contribution in [0.3, 0.4) is 0 Å². The average molecular weight is 378 g/mol. The minimum atomic E-state index is -0.243. The molecule has 1 fully saturated rings. The van der Waals surface area contributed by atoms with Gasteiger partial charge >= 0.3 is 5.97 Å². The van der Waals surface area contributed by atoms with Gasteiger partial charge in [0.2, 0.25) is 0 Å². The van der Waals surface area contributed by atoms with E-state index in [9.17, 15) is 9.18 Å². The standard InChI is InChI=1S/C20H31FN4O2/c1-6-22-20(25-12-14(2)17(13-25)19(26)27-5)23-11-18(24(3)4)15-7-9-16(21)10-8-15/h7-10,14,17-18H,6,11-13H2,1-5H3,(H,22,23). The second-order valence-corrected chi connectivity index (χ2v) is 7.24. The van der Waals surface area contributed by atoms with Crippen molar-refractivity contribution in [3.05, 3.63) is 35.6 Å². The van der Waals surface area contributed by atoms with E-state index in [2.05, 4.69) is 22.0 Å². The molecule has 0 spiro atoms. The molecule has 1 aromatic carbocycles. The Labute approximate surface area is 161 Å². The van der Waals surface area contributed by atoms with Gasteiger partial charge in [0.25, 0.3) is 0 Å². The molecule has 0 radical (unpaired) electrons. The highest BCUT2D eigenvalue weighted by Crippen LogP contribution is 2.25. The molecule has 1 N–H and O–H groups in total. The number of hydrogen-bond acceptors (Lipinski definition) is 4. The predicted octanol–water partition coefficient (Wildman–Crippen LogP) is 2.13. The molecule has 150 valence electrons. The Morgan fingerprint density at radius 3 is 2.59 bits per heavy atom. The Hall–Kier alpha value is -2.15. The van der Waals surface area contributed by atoms with Crippen LogP contribution in [0.1, 0.15) is 25.5 Å². The predicted molar refractivity (Wildman–Crippen MR) is 105 cm³/mol. The van der Waals surface area contributed by atoms with Crippen LogP contribution in [-0.2, 0) is 9.53 Å². The van der Waals surface area contributed by atoms with Crippen molar-refractivity contribution in [2.24, 2.45) is 16.8 Å². The minimum absolute atomic E-state index is 0.0377. The lowest BCUT2D eigenvalue weighted by molar-refractivity contribution is -0.145. The first-order valence-corrected chi connectivity index (χ1v) is 9.40. The third kappa shape index (κ3) is 5.42. The van der Waals surface area contributed by atoms with Crippen LogP contribution in [0.2, 0.25) is 0 Å². The summed E-state index contributed by atoms with van der Waals surface area (Å²) in [6, 6.07) is 6.59. The number of halogens is 1. The molecule has 0 bridgehead atoms. The van der Waals surface area contributed by atoms with Gasteiger partial charge in [-0.15, -0.1) is 0 Å². The van der Waals surface area contributed by atoms with Crippen molar-refractivity contribution in [3.8, 4) is 0 Å². The summed E-state index contributed by atoms with van der Waals surface area (Å²) < 4.78 is 18.2. The van der Waals surface area contributed by atoms with Crippen molar-refractivity contribution in [3.63, 3.8) is 0 Å². The van der Waals surface area contributed by atoms with E-state index in [4.69, 9.17) is 9.73 Å². The first-order chi connectivity index (χ1) is 12.9. The highest BCUT2D eigenvalue weighted by Gasteiger charge is 2.37. The van der Waals surface area contributed by atoms with Crippen molar-refractivity contribution in [2.45, 2.75) is 19.9 Å². The van der Waals surface area contributed by atoms with Gasteiger partial charge in [-0.2, -0.15) is 0 Å². The monoisotopic (exact) mass is 378 g/mol. The molecule has 0 saturated carbocycles. The number of hydrogen-bond donors (Lipinski definition) is 1. The number of rotatable bonds is 6. The van der Waals surface area contributed by atoms with Crippen LogP contribution in [0.15, 0.2) is 29.3 Å². The number of esters is 1. The summed E-state index contributed by atoms with van der Waals surface area (Å²) >= 11 is 0. The van der Waals surface area contributed by atoms with E-state index >= 15 is 0 Å². The fraction of sp³-hybridized carbons (Fsp3) is 0.600. The topological polar surface area (TPSA) is 57.2 Å². The molecular weight excluding hydrogens is 347 g/mol. The van der Waals surface area contributed by atoms with E-state index < -0.39 is 0 Å². The van der Waals surface area contributed by atoms with Crippen molar-refractivity contribution in [1.82, 2.24) is 15.1 Å². The molecule has 6 nitrogen and oxygen atoms in total. The largest absolute Gasteiger partial charge is 0.469 e. The lowest BCUT2D eigenvalue weighted by Crippen LogP contribution is -2.41. The van der Waals surface area contributed by atoms with Crippen molar-refractivity contribution in [1.29, 1.82) is 0 Å². The molecule has 1 aliphatic rings. The van der Waals surface area contributed by atoms with E-state index in [-0.39, 0.29) is 29.7 Å². The van der Waals surface area contributed by atoms with Crippen molar-refractivity contribution in [2.75, 3.05) is 47.4 Å². The van der Waals surface area contributed by atoms with Gasteiger partial charge in [-0.3, -0.25) is 9.79 Å². The number of carbonyl (C=O) groups is 1. The molecule has 1 aliphatic heterocycles. The van der Waals surface area contributed by atoms with Gasteiger partial charge in [0.05, 0.1) is 25.6 Å². The third-order valence-electron chi connectivity index (χ3n) is 5.04. The number of aliphatic imine (C=N–C) groups is 1. The van der Waals surface area contributed by atoms with E-state index in [1.54, 1.807) is 12.1 Å². The number of likely N-dealkylation sites (tertiary alicyclic amines) is 1. The van der Waals surface area contributed by atoms with Gasteiger partial charge in [-0.25, -0.2) is 4.39 Å². The van der Waals surface area contributed by atoms with E-state index in [1.165, 1.54) is 19.2 Å².